The van der Waals surface area contributed by atoms with Crippen LogP contribution in [0.25, 0.3) is 0 Å². The molecular weight excluding hydrogens is 295 g/mol. The molecule has 0 aliphatic heterocycles. The molecule has 0 heterocycles. The van der Waals surface area contributed by atoms with Crippen molar-refractivity contribution in [3.63, 3.8) is 0 Å². The van der Waals surface area contributed by atoms with E-state index in [0.29, 0.717) is 22.6 Å². The molecule has 0 amide bonds. The number of halogens is 2. The highest BCUT2D eigenvalue weighted by atomic mass is 79.9. The Morgan fingerprint density at radius 3 is 2.88 bits per heavy atom. The minimum atomic E-state index is -0.277. The molecule has 0 spiro atoms. The fourth-order valence-corrected chi connectivity index (χ4v) is 2.42. The maximum atomic E-state index is 13.0. The molecule has 1 aromatic rings. The number of rotatable bonds is 5. The van der Waals surface area contributed by atoms with Gasteiger partial charge in [-0.2, -0.15) is 0 Å². The Kier molecular flexibility index (Phi) is 5.84. The average Bonchev–Trinajstić information content (AvgIpc) is 2.16. The molecule has 16 heavy (non-hydrogen) atoms. The highest BCUT2D eigenvalue weighted by Gasteiger charge is 2.03. The number of carbonyl (C=O) groups excluding carboxylic acids is 1. The first-order valence-corrected chi connectivity index (χ1v) is 6.75. The molecule has 5 heteroatoms. The predicted octanol–water partition coefficient (Wildman–Crippen LogP) is 3.38. The van der Waals surface area contributed by atoms with E-state index in [1.54, 1.807) is 6.92 Å². The highest BCUT2D eigenvalue weighted by molar-refractivity contribution is 9.10. The molecule has 88 valence electrons. The molecule has 0 aliphatic carbocycles. The zero-order chi connectivity index (χ0) is 12.0. The normalized spacial score (nSPS) is 10.2. The lowest BCUT2D eigenvalue weighted by Gasteiger charge is -2.03. The van der Waals surface area contributed by atoms with Gasteiger partial charge in [-0.15, -0.1) is 11.8 Å². The first-order valence-electron chi connectivity index (χ1n) is 4.80. The number of hydrogen-bond acceptors (Lipinski definition) is 3. The molecule has 0 aromatic heterocycles. The number of thioether (sulfide) groups is 1. The van der Waals surface area contributed by atoms with E-state index in [9.17, 15) is 9.18 Å². The second-order valence-corrected chi connectivity index (χ2v) is 4.98. The van der Waals surface area contributed by atoms with Gasteiger partial charge in [0.15, 0.2) is 0 Å². The second-order valence-electron chi connectivity index (χ2n) is 3.08. The van der Waals surface area contributed by atoms with Crippen molar-refractivity contribution >= 4 is 33.7 Å². The molecule has 0 fully saturated rings. The van der Waals surface area contributed by atoms with E-state index in [4.69, 9.17) is 4.74 Å². The van der Waals surface area contributed by atoms with Gasteiger partial charge in [0.2, 0.25) is 0 Å². The summed E-state index contributed by atoms with van der Waals surface area (Å²) in [5, 5.41) is 0. The van der Waals surface area contributed by atoms with Gasteiger partial charge < -0.3 is 4.74 Å². The first kappa shape index (κ1) is 13.5. The van der Waals surface area contributed by atoms with Gasteiger partial charge in [0.05, 0.1) is 12.4 Å². The summed E-state index contributed by atoms with van der Waals surface area (Å²) < 4.78 is 18.5. The smallest absolute Gasteiger partial charge is 0.315 e. The van der Waals surface area contributed by atoms with Crippen molar-refractivity contribution in [2.75, 3.05) is 12.4 Å². The highest BCUT2D eigenvalue weighted by Crippen LogP contribution is 2.19. The quantitative estimate of drug-likeness (QED) is 0.780. The summed E-state index contributed by atoms with van der Waals surface area (Å²) in [4.78, 5) is 11.0. The fourth-order valence-electron chi connectivity index (χ4n) is 1.15. The summed E-state index contributed by atoms with van der Waals surface area (Å²) >= 11 is 4.63. The second kappa shape index (κ2) is 6.91. The van der Waals surface area contributed by atoms with E-state index >= 15 is 0 Å². The Morgan fingerprint density at radius 2 is 2.25 bits per heavy atom. The van der Waals surface area contributed by atoms with Crippen LogP contribution in [0.3, 0.4) is 0 Å². The monoisotopic (exact) mass is 306 g/mol. The summed E-state index contributed by atoms with van der Waals surface area (Å²) in [7, 11) is 0. The predicted molar refractivity (Wildman–Crippen MR) is 66.9 cm³/mol. The average molecular weight is 307 g/mol. The molecule has 0 atom stereocenters. The van der Waals surface area contributed by atoms with Crippen molar-refractivity contribution in [2.24, 2.45) is 0 Å². The van der Waals surface area contributed by atoms with Crippen molar-refractivity contribution in [2.45, 2.75) is 12.7 Å². The molecule has 2 nitrogen and oxygen atoms in total. The zero-order valence-electron chi connectivity index (χ0n) is 8.83. The molecule has 0 unspecified atom stereocenters. The summed E-state index contributed by atoms with van der Waals surface area (Å²) in [6, 6.07) is 4.70. The van der Waals surface area contributed by atoms with Gasteiger partial charge in [-0.05, 0) is 30.7 Å². The van der Waals surface area contributed by atoms with E-state index in [2.05, 4.69) is 15.9 Å². The number of carbonyl (C=O) groups is 1. The molecule has 1 aromatic carbocycles. The molecule has 0 N–H and O–H groups in total. The van der Waals surface area contributed by atoms with Crippen LogP contribution in [0.15, 0.2) is 22.7 Å². The summed E-state index contributed by atoms with van der Waals surface area (Å²) in [5.74, 6) is 0.376. The number of esters is 1. The maximum absolute atomic E-state index is 13.0. The van der Waals surface area contributed by atoms with Crippen LogP contribution < -0.4 is 0 Å². The minimum absolute atomic E-state index is 0.233. The van der Waals surface area contributed by atoms with Crippen molar-refractivity contribution in [1.29, 1.82) is 0 Å². The largest absolute Gasteiger partial charge is 0.465 e. The van der Waals surface area contributed by atoms with E-state index < -0.39 is 0 Å². The maximum Gasteiger partial charge on any atom is 0.315 e. The van der Waals surface area contributed by atoms with Gasteiger partial charge in [-0.25, -0.2) is 4.39 Å². The van der Waals surface area contributed by atoms with E-state index in [0.717, 1.165) is 5.56 Å². The van der Waals surface area contributed by atoms with Gasteiger partial charge in [-0.3, -0.25) is 4.79 Å². The minimum Gasteiger partial charge on any atom is -0.465 e. The van der Waals surface area contributed by atoms with Crippen molar-refractivity contribution in [3.05, 3.63) is 34.1 Å². The van der Waals surface area contributed by atoms with Crippen molar-refractivity contribution in [1.82, 2.24) is 0 Å². The van der Waals surface area contributed by atoms with Crippen LogP contribution in [-0.2, 0) is 15.3 Å². The molecule has 0 saturated heterocycles. The third kappa shape index (κ3) is 4.99. The lowest BCUT2D eigenvalue weighted by molar-refractivity contribution is -0.139. The van der Waals surface area contributed by atoms with Crippen LogP contribution in [0.2, 0.25) is 0 Å². The van der Waals surface area contributed by atoms with Crippen LogP contribution in [0.4, 0.5) is 4.39 Å². The van der Waals surface area contributed by atoms with E-state index in [-0.39, 0.29) is 11.8 Å². The third-order valence-corrected chi connectivity index (χ3v) is 3.15. The van der Waals surface area contributed by atoms with Gasteiger partial charge >= 0.3 is 5.97 Å². The lowest BCUT2D eigenvalue weighted by atomic mass is 10.2. The molecular formula is C11H12BrFO2S. The number of hydrogen-bond donors (Lipinski definition) is 0. The van der Waals surface area contributed by atoms with Crippen LogP contribution in [0.5, 0.6) is 0 Å². The molecule has 1 rings (SSSR count). The van der Waals surface area contributed by atoms with Crippen LogP contribution >= 0.6 is 27.7 Å². The Bertz CT molecular complexity index is 351. The molecule has 0 radical (unpaired) electrons. The first-order chi connectivity index (χ1) is 7.61. The van der Waals surface area contributed by atoms with E-state index in [1.807, 2.05) is 6.07 Å². The molecule has 0 aliphatic rings. The van der Waals surface area contributed by atoms with Crippen molar-refractivity contribution < 1.29 is 13.9 Å². The summed E-state index contributed by atoms with van der Waals surface area (Å²) in [5.41, 5.74) is 0.848. The topological polar surface area (TPSA) is 26.3 Å². The van der Waals surface area contributed by atoms with Gasteiger partial charge in [0.25, 0.3) is 0 Å². The zero-order valence-corrected chi connectivity index (χ0v) is 11.2. The summed E-state index contributed by atoms with van der Waals surface area (Å²) in [6.45, 7) is 2.16. The van der Waals surface area contributed by atoms with Gasteiger partial charge in [-0.1, -0.05) is 15.9 Å². The third-order valence-electron chi connectivity index (χ3n) is 1.72. The Labute approximate surface area is 107 Å². The Balaban J connectivity index is 2.40. The Hall–Kier alpha value is -0.550. The van der Waals surface area contributed by atoms with E-state index in [1.165, 1.54) is 23.9 Å². The van der Waals surface area contributed by atoms with Crippen LogP contribution in [0.1, 0.15) is 12.5 Å². The van der Waals surface area contributed by atoms with Crippen LogP contribution in [-0.4, -0.2) is 18.3 Å². The Morgan fingerprint density at radius 1 is 1.50 bits per heavy atom. The fraction of sp³-hybridized carbons (Fsp3) is 0.364. The van der Waals surface area contributed by atoms with Gasteiger partial charge in [0, 0.05) is 10.2 Å². The summed E-state index contributed by atoms with van der Waals surface area (Å²) in [6.07, 6.45) is 0. The SMILES string of the molecule is CCOC(=O)CSCc1cc(F)cc(Br)c1. The molecule has 0 saturated carbocycles. The molecule has 0 bridgehead atoms. The van der Waals surface area contributed by atoms with Crippen molar-refractivity contribution in [3.8, 4) is 0 Å². The van der Waals surface area contributed by atoms with Crippen LogP contribution in [0, 0.1) is 5.82 Å². The standard InChI is InChI=1S/C11H12BrFO2S/c1-2-15-11(14)7-16-6-8-3-9(12)5-10(13)4-8/h3-5H,2,6-7H2,1H3. The number of ether oxygens (including phenoxy) is 1. The number of benzene rings is 1. The lowest BCUT2D eigenvalue weighted by Crippen LogP contribution is -2.06. The van der Waals surface area contributed by atoms with Gasteiger partial charge in [0.1, 0.15) is 5.82 Å².